The zero-order valence-corrected chi connectivity index (χ0v) is 12.7. The van der Waals surface area contributed by atoms with Crippen LogP contribution in [0.4, 0.5) is 5.69 Å². The molecule has 0 radical (unpaired) electrons. The number of rotatable bonds is 3. The summed E-state index contributed by atoms with van der Waals surface area (Å²) >= 11 is 8.63. The Bertz CT molecular complexity index is 466. The molecule has 18 heavy (non-hydrogen) atoms. The number of nitrogens with zero attached hydrogens (tertiary/aromatic N) is 1. The molecule has 3 nitrogen and oxygen atoms in total. The molecule has 0 saturated carbocycles. The Labute approximate surface area is 121 Å². The van der Waals surface area contributed by atoms with Crippen LogP contribution >= 0.6 is 28.1 Å². The lowest BCUT2D eigenvalue weighted by Gasteiger charge is -2.29. The van der Waals surface area contributed by atoms with E-state index >= 15 is 0 Å². The van der Waals surface area contributed by atoms with Crippen LogP contribution < -0.4 is 10.6 Å². The van der Waals surface area contributed by atoms with E-state index in [1.807, 2.05) is 18.2 Å². The van der Waals surface area contributed by atoms with Gasteiger partial charge in [0, 0.05) is 22.3 Å². The van der Waals surface area contributed by atoms with Crippen LogP contribution in [0.25, 0.3) is 0 Å². The molecule has 1 saturated heterocycles. The van der Waals surface area contributed by atoms with E-state index in [-0.39, 0.29) is 12.6 Å². The van der Waals surface area contributed by atoms with Crippen molar-refractivity contribution in [3.05, 3.63) is 28.2 Å². The summed E-state index contributed by atoms with van der Waals surface area (Å²) in [6, 6.07) is 6.07. The summed E-state index contributed by atoms with van der Waals surface area (Å²) in [5.41, 5.74) is 7.69. The Hall–Kier alpha value is -0.650. The smallest absolute Gasteiger partial charge is 0.107 e. The molecule has 1 fully saturated rings. The van der Waals surface area contributed by atoms with Crippen molar-refractivity contribution in [1.29, 1.82) is 0 Å². The molecule has 2 rings (SSSR count). The predicted octanol–water partition coefficient (Wildman–Crippen LogP) is 2.29. The summed E-state index contributed by atoms with van der Waals surface area (Å²) in [6.07, 6.45) is 1.08. The van der Waals surface area contributed by atoms with Gasteiger partial charge in [-0.1, -0.05) is 25.2 Å². The normalized spacial score (nSPS) is 23.4. The first-order chi connectivity index (χ1) is 8.56. The molecule has 0 spiro atoms. The monoisotopic (exact) mass is 328 g/mol. The molecule has 0 bridgehead atoms. The molecule has 2 unspecified atom stereocenters. The SMILES string of the molecule is CC1CCN(c2cccc(Br)c2C(N)=S)C1CO. The van der Waals surface area contributed by atoms with Gasteiger partial charge < -0.3 is 15.7 Å². The maximum absolute atomic E-state index is 9.55. The quantitative estimate of drug-likeness (QED) is 0.836. The highest BCUT2D eigenvalue weighted by atomic mass is 79.9. The molecule has 98 valence electrons. The molecule has 5 heteroatoms. The minimum Gasteiger partial charge on any atom is -0.394 e. The first-order valence-electron chi connectivity index (χ1n) is 6.02. The number of nitrogens with two attached hydrogens (primary N) is 1. The molecule has 1 aliphatic heterocycles. The topological polar surface area (TPSA) is 49.5 Å². The average Bonchev–Trinajstić information content (AvgIpc) is 2.69. The van der Waals surface area contributed by atoms with Gasteiger partial charge >= 0.3 is 0 Å². The van der Waals surface area contributed by atoms with Crippen LogP contribution in [0.3, 0.4) is 0 Å². The number of hydrogen-bond donors (Lipinski definition) is 2. The summed E-state index contributed by atoms with van der Waals surface area (Å²) in [7, 11) is 0. The van der Waals surface area contributed by atoms with Crippen LogP contribution in [0.15, 0.2) is 22.7 Å². The van der Waals surface area contributed by atoms with E-state index < -0.39 is 0 Å². The second-order valence-electron chi connectivity index (χ2n) is 4.71. The third-order valence-corrected chi connectivity index (χ3v) is 4.48. The van der Waals surface area contributed by atoms with Crippen molar-refractivity contribution in [3.8, 4) is 0 Å². The summed E-state index contributed by atoms with van der Waals surface area (Å²) in [5.74, 6) is 0.480. The standard InChI is InChI=1S/C13H17BrN2OS/c1-8-5-6-16(11(8)7-17)10-4-2-3-9(14)12(10)13(15)18/h2-4,8,11,17H,5-7H2,1H3,(H2,15,18). The highest BCUT2D eigenvalue weighted by molar-refractivity contribution is 9.10. The van der Waals surface area contributed by atoms with Gasteiger partial charge in [0.2, 0.25) is 0 Å². The molecule has 1 aromatic carbocycles. The lowest BCUT2D eigenvalue weighted by molar-refractivity contribution is 0.244. The maximum Gasteiger partial charge on any atom is 0.107 e. The van der Waals surface area contributed by atoms with Crippen LogP contribution in [0.5, 0.6) is 0 Å². The molecule has 1 aromatic rings. The lowest BCUT2D eigenvalue weighted by atomic mass is 10.0. The van der Waals surface area contributed by atoms with Crippen molar-refractivity contribution >= 4 is 38.8 Å². The van der Waals surface area contributed by atoms with E-state index in [0.717, 1.165) is 28.7 Å². The largest absolute Gasteiger partial charge is 0.394 e. The first-order valence-corrected chi connectivity index (χ1v) is 7.22. The highest BCUT2D eigenvalue weighted by Gasteiger charge is 2.32. The van der Waals surface area contributed by atoms with Gasteiger partial charge in [-0.2, -0.15) is 0 Å². The van der Waals surface area contributed by atoms with Crippen LogP contribution in [0.1, 0.15) is 18.9 Å². The second kappa shape index (κ2) is 5.55. The van der Waals surface area contributed by atoms with Gasteiger partial charge in [0.25, 0.3) is 0 Å². The van der Waals surface area contributed by atoms with Gasteiger partial charge in [-0.25, -0.2) is 0 Å². The molecule has 1 aliphatic rings. The number of aliphatic hydroxyl groups is 1. The Morgan fingerprint density at radius 2 is 2.33 bits per heavy atom. The number of thiocarbonyl (C=S) groups is 1. The molecule has 3 N–H and O–H groups in total. The molecule has 1 heterocycles. The fourth-order valence-electron chi connectivity index (χ4n) is 2.58. The van der Waals surface area contributed by atoms with Crippen LogP contribution in [-0.2, 0) is 0 Å². The van der Waals surface area contributed by atoms with Gasteiger partial charge in [0.05, 0.1) is 12.6 Å². The van der Waals surface area contributed by atoms with Crippen molar-refractivity contribution in [3.63, 3.8) is 0 Å². The fourth-order valence-corrected chi connectivity index (χ4v) is 3.50. The van der Waals surface area contributed by atoms with Gasteiger partial charge in [0.1, 0.15) is 4.99 Å². The number of aliphatic hydroxyl groups excluding tert-OH is 1. The zero-order valence-electron chi connectivity index (χ0n) is 10.3. The Morgan fingerprint density at radius 3 is 2.94 bits per heavy atom. The number of benzene rings is 1. The molecule has 2 atom stereocenters. The molecule has 0 aromatic heterocycles. The Morgan fingerprint density at radius 1 is 1.61 bits per heavy atom. The van der Waals surface area contributed by atoms with Crippen molar-refractivity contribution in [2.75, 3.05) is 18.1 Å². The molecule has 0 aliphatic carbocycles. The van der Waals surface area contributed by atoms with Gasteiger partial charge in [-0.05, 0) is 40.4 Å². The molecule has 0 amide bonds. The van der Waals surface area contributed by atoms with Gasteiger partial charge in [0.15, 0.2) is 0 Å². The predicted molar refractivity (Wildman–Crippen MR) is 82.0 cm³/mol. The maximum atomic E-state index is 9.55. The molecular weight excluding hydrogens is 312 g/mol. The van der Waals surface area contributed by atoms with E-state index in [0.29, 0.717) is 10.9 Å². The zero-order chi connectivity index (χ0) is 13.3. The third kappa shape index (κ3) is 2.39. The second-order valence-corrected chi connectivity index (χ2v) is 6.00. The summed E-state index contributed by atoms with van der Waals surface area (Å²) < 4.78 is 0.906. The van der Waals surface area contributed by atoms with Crippen molar-refractivity contribution in [1.82, 2.24) is 0 Å². The Balaban J connectivity index is 2.45. The van der Waals surface area contributed by atoms with E-state index in [9.17, 15) is 5.11 Å². The fraction of sp³-hybridized carbons (Fsp3) is 0.462. The number of anilines is 1. The van der Waals surface area contributed by atoms with Crippen molar-refractivity contribution in [2.24, 2.45) is 11.7 Å². The summed E-state index contributed by atoms with van der Waals surface area (Å²) in [5, 5.41) is 9.55. The minimum absolute atomic E-state index is 0.146. The van der Waals surface area contributed by atoms with E-state index in [2.05, 4.69) is 27.8 Å². The first kappa shape index (κ1) is 13.8. The summed E-state index contributed by atoms with van der Waals surface area (Å²) in [6.45, 7) is 3.25. The lowest BCUT2D eigenvalue weighted by Crippen LogP contribution is -2.36. The van der Waals surface area contributed by atoms with Crippen molar-refractivity contribution < 1.29 is 5.11 Å². The third-order valence-electron chi connectivity index (χ3n) is 3.62. The minimum atomic E-state index is 0.146. The molecular formula is C13H17BrN2OS. The number of hydrogen-bond acceptors (Lipinski definition) is 3. The van der Waals surface area contributed by atoms with E-state index in [1.165, 1.54) is 0 Å². The summed E-state index contributed by atoms with van der Waals surface area (Å²) in [4.78, 5) is 2.60. The van der Waals surface area contributed by atoms with E-state index in [1.54, 1.807) is 0 Å². The van der Waals surface area contributed by atoms with Crippen LogP contribution in [-0.4, -0.2) is 29.3 Å². The number of halogens is 1. The van der Waals surface area contributed by atoms with Crippen LogP contribution in [0.2, 0.25) is 0 Å². The highest BCUT2D eigenvalue weighted by Crippen LogP contribution is 2.34. The Kier molecular flexibility index (Phi) is 4.25. The van der Waals surface area contributed by atoms with Crippen molar-refractivity contribution in [2.45, 2.75) is 19.4 Å². The van der Waals surface area contributed by atoms with Gasteiger partial charge in [-0.15, -0.1) is 0 Å². The van der Waals surface area contributed by atoms with Crippen LogP contribution in [0, 0.1) is 5.92 Å². The average molecular weight is 329 g/mol. The van der Waals surface area contributed by atoms with Gasteiger partial charge in [-0.3, -0.25) is 0 Å². The van der Waals surface area contributed by atoms with E-state index in [4.69, 9.17) is 18.0 Å².